The fraction of sp³-hybridized carbons (Fsp3) is 0.214. The summed E-state index contributed by atoms with van der Waals surface area (Å²) in [6, 6.07) is 5.01. The van der Waals surface area contributed by atoms with Gasteiger partial charge in [0.15, 0.2) is 0 Å². The molecule has 1 aromatic carbocycles. The number of hydrogen-bond donors (Lipinski definition) is 2. The summed E-state index contributed by atoms with van der Waals surface area (Å²) in [5.41, 5.74) is -0.738. The van der Waals surface area contributed by atoms with Crippen LogP contribution >= 0.6 is 23.2 Å². The van der Waals surface area contributed by atoms with Gasteiger partial charge >= 0.3 is 0 Å². The summed E-state index contributed by atoms with van der Waals surface area (Å²) in [6.45, 7) is 0.190. The Kier molecular flexibility index (Phi) is 4.15. The number of halogens is 2. The van der Waals surface area contributed by atoms with Gasteiger partial charge in [0, 0.05) is 34.4 Å². The van der Waals surface area contributed by atoms with Crippen LogP contribution in [0.1, 0.15) is 11.4 Å². The van der Waals surface area contributed by atoms with E-state index in [1.54, 1.807) is 35.3 Å². The molecular weight excluding hydrogens is 325 g/mol. The standard InChI is InChI=1S/C14H13Cl2N5O/c15-10-1-2-11(12(16)5-10)14(22,6-13-18-3-4-19-13)7-21-9-17-8-20-21/h1-5,8-9,22H,6-7H2,(H,18,19). The first-order chi connectivity index (χ1) is 10.6. The third-order valence-corrected chi connectivity index (χ3v) is 3.89. The van der Waals surface area contributed by atoms with Crippen molar-refractivity contribution < 1.29 is 5.11 Å². The molecule has 0 saturated heterocycles. The van der Waals surface area contributed by atoms with Gasteiger partial charge in [0.25, 0.3) is 0 Å². The highest BCUT2D eigenvalue weighted by atomic mass is 35.5. The van der Waals surface area contributed by atoms with E-state index in [0.717, 1.165) is 0 Å². The Morgan fingerprint density at radius 2 is 2.18 bits per heavy atom. The van der Waals surface area contributed by atoms with Gasteiger partial charge in [-0.15, -0.1) is 0 Å². The SMILES string of the molecule is OC(Cc1ncc[nH]1)(Cn1cncn1)c1ccc(Cl)cc1Cl. The average molecular weight is 338 g/mol. The Labute approximate surface area is 136 Å². The Hall–Kier alpha value is -1.89. The summed E-state index contributed by atoms with van der Waals surface area (Å²) >= 11 is 12.2. The summed E-state index contributed by atoms with van der Waals surface area (Å²) in [4.78, 5) is 11.1. The highest BCUT2D eigenvalue weighted by molar-refractivity contribution is 6.35. The van der Waals surface area contributed by atoms with Gasteiger partial charge in [-0.1, -0.05) is 29.3 Å². The molecule has 0 aliphatic carbocycles. The summed E-state index contributed by atoms with van der Waals surface area (Å²) in [7, 11) is 0. The molecule has 0 fully saturated rings. The Balaban J connectivity index is 2.01. The van der Waals surface area contributed by atoms with E-state index >= 15 is 0 Å². The minimum absolute atomic E-state index is 0.190. The van der Waals surface area contributed by atoms with E-state index < -0.39 is 5.60 Å². The van der Waals surface area contributed by atoms with Crippen molar-refractivity contribution in [3.8, 4) is 0 Å². The first kappa shape index (κ1) is 15.0. The smallest absolute Gasteiger partial charge is 0.137 e. The lowest BCUT2D eigenvalue weighted by atomic mass is 9.90. The Bertz CT molecular complexity index is 706. The predicted molar refractivity (Wildman–Crippen MR) is 82.7 cm³/mol. The van der Waals surface area contributed by atoms with Gasteiger partial charge in [0.1, 0.15) is 24.1 Å². The molecule has 0 bridgehead atoms. The van der Waals surface area contributed by atoms with E-state index in [4.69, 9.17) is 23.2 Å². The molecule has 3 aromatic rings. The van der Waals surface area contributed by atoms with Crippen LogP contribution in [0.3, 0.4) is 0 Å². The van der Waals surface area contributed by atoms with Crippen LogP contribution in [0.15, 0.2) is 43.2 Å². The number of hydrogen-bond acceptors (Lipinski definition) is 4. The van der Waals surface area contributed by atoms with Gasteiger partial charge in [0.05, 0.1) is 6.54 Å². The molecule has 2 heterocycles. The van der Waals surface area contributed by atoms with Gasteiger partial charge in [-0.25, -0.2) is 14.6 Å². The second-order valence-electron chi connectivity index (χ2n) is 4.96. The predicted octanol–water partition coefficient (Wildman–Crippen LogP) is 2.44. The molecule has 0 aliphatic heterocycles. The van der Waals surface area contributed by atoms with Crippen LogP contribution in [0.2, 0.25) is 10.0 Å². The largest absolute Gasteiger partial charge is 0.383 e. The molecule has 0 saturated carbocycles. The molecule has 22 heavy (non-hydrogen) atoms. The fourth-order valence-electron chi connectivity index (χ4n) is 2.36. The number of nitrogens with zero attached hydrogens (tertiary/aromatic N) is 4. The fourth-order valence-corrected chi connectivity index (χ4v) is 2.94. The van der Waals surface area contributed by atoms with Crippen LogP contribution in [0.4, 0.5) is 0 Å². The maximum atomic E-state index is 11.2. The van der Waals surface area contributed by atoms with Crippen molar-refractivity contribution in [2.45, 2.75) is 18.6 Å². The van der Waals surface area contributed by atoms with Gasteiger partial charge < -0.3 is 10.1 Å². The van der Waals surface area contributed by atoms with Crippen molar-refractivity contribution in [2.24, 2.45) is 0 Å². The van der Waals surface area contributed by atoms with E-state index in [0.29, 0.717) is 21.4 Å². The van der Waals surface area contributed by atoms with E-state index in [1.165, 1.54) is 12.7 Å². The van der Waals surface area contributed by atoms with Crippen LogP contribution in [0.25, 0.3) is 0 Å². The van der Waals surface area contributed by atoms with Gasteiger partial charge in [-0.2, -0.15) is 5.10 Å². The second-order valence-corrected chi connectivity index (χ2v) is 5.81. The topological polar surface area (TPSA) is 79.6 Å². The number of H-pyrrole nitrogens is 1. The third kappa shape index (κ3) is 3.14. The monoisotopic (exact) mass is 337 g/mol. The summed E-state index contributed by atoms with van der Waals surface area (Å²) in [6.07, 6.45) is 6.54. The van der Waals surface area contributed by atoms with E-state index in [-0.39, 0.29) is 13.0 Å². The van der Waals surface area contributed by atoms with Crippen molar-refractivity contribution in [3.63, 3.8) is 0 Å². The first-order valence-corrected chi connectivity index (χ1v) is 7.31. The Morgan fingerprint density at radius 1 is 1.32 bits per heavy atom. The number of rotatable bonds is 5. The number of aromatic amines is 1. The maximum absolute atomic E-state index is 11.2. The Morgan fingerprint density at radius 3 is 2.82 bits per heavy atom. The summed E-state index contributed by atoms with van der Waals surface area (Å²) in [5, 5.41) is 16.2. The number of aliphatic hydroxyl groups is 1. The molecule has 0 aliphatic rings. The summed E-state index contributed by atoms with van der Waals surface area (Å²) in [5.74, 6) is 0.647. The van der Waals surface area contributed by atoms with Crippen LogP contribution in [-0.2, 0) is 18.6 Å². The van der Waals surface area contributed by atoms with Crippen molar-refractivity contribution in [3.05, 3.63) is 64.7 Å². The van der Waals surface area contributed by atoms with Gasteiger partial charge in [-0.3, -0.25) is 0 Å². The molecule has 3 rings (SSSR count). The molecule has 1 unspecified atom stereocenters. The molecule has 0 amide bonds. The van der Waals surface area contributed by atoms with E-state index in [9.17, 15) is 5.11 Å². The lowest BCUT2D eigenvalue weighted by Gasteiger charge is -2.28. The molecule has 2 aromatic heterocycles. The molecule has 8 heteroatoms. The number of benzene rings is 1. The highest BCUT2D eigenvalue weighted by Gasteiger charge is 2.34. The molecule has 2 N–H and O–H groups in total. The van der Waals surface area contributed by atoms with Gasteiger partial charge in [-0.05, 0) is 12.1 Å². The zero-order valence-electron chi connectivity index (χ0n) is 11.4. The van der Waals surface area contributed by atoms with Crippen LogP contribution in [0, 0.1) is 0 Å². The molecular formula is C14H13Cl2N5O. The molecule has 0 spiro atoms. The lowest BCUT2D eigenvalue weighted by molar-refractivity contribution is 0.0135. The number of aromatic nitrogens is 5. The van der Waals surface area contributed by atoms with Crippen molar-refractivity contribution >= 4 is 23.2 Å². The average Bonchev–Trinajstić information content (AvgIpc) is 3.12. The minimum atomic E-state index is -1.30. The molecule has 1 atom stereocenters. The van der Waals surface area contributed by atoms with Crippen LogP contribution in [-0.4, -0.2) is 29.8 Å². The third-order valence-electron chi connectivity index (χ3n) is 3.34. The van der Waals surface area contributed by atoms with E-state index in [2.05, 4.69) is 20.1 Å². The van der Waals surface area contributed by atoms with Crippen molar-refractivity contribution in [2.75, 3.05) is 0 Å². The maximum Gasteiger partial charge on any atom is 0.137 e. The normalized spacial score (nSPS) is 14.0. The number of imidazole rings is 1. The van der Waals surface area contributed by atoms with Crippen LogP contribution < -0.4 is 0 Å². The van der Waals surface area contributed by atoms with E-state index in [1.807, 2.05) is 0 Å². The summed E-state index contributed by atoms with van der Waals surface area (Å²) < 4.78 is 1.55. The lowest BCUT2D eigenvalue weighted by Crippen LogP contribution is -2.35. The zero-order chi connectivity index (χ0) is 15.6. The number of nitrogens with one attached hydrogen (secondary N) is 1. The molecule has 114 valence electrons. The highest BCUT2D eigenvalue weighted by Crippen LogP contribution is 2.33. The van der Waals surface area contributed by atoms with Crippen molar-refractivity contribution in [1.29, 1.82) is 0 Å². The zero-order valence-corrected chi connectivity index (χ0v) is 13.0. The minimum Gasteiger partial charge on any atom is -0.383 e. The quantitative estimate of drug-likeness (QED) is 0.749. The van der Waals surface area contributed by atoms with Crippen molar-refractivity contribution in [1.82, 2.24) is 24.7 Å². The molecule has 0 radical (unpaired) electrons. The van der Waals surface area contributed by atoms with Crippen LogP contribution in [0.5, 0.6) is 0 Å². The first-order valence-electron chi connectivity index (χ1n) is 6.55. The van der Waals surface area contributed by atoms with Gasteiger partial charge in [0.2, 0.25) is 0 Å². The molecule has 6 nitrogen and oxygen atoms in total. The second kappa shape index (κ2) is 6.08.